The number of nitrogens with zero attached hydrogens (tertiary/aromatic N) is 2. The Morgan fingerprint density at radius 2 is 1.86 bits per heavy atom. The zero-order valence-electron chi connectivity index (χ0n) is 13.5. The van der Waals surface area contributed by atoms with Crippen LogP contribution in [0.3, 0.4) is 0 Å². The van der Waals surface area contributed by atoms with E-state index in [1.165, 1.54) is 37.0 Å². The Morgan fingerprint density at radius 3 is 2.38 bits per heavy atom. The summed E-state index contributed by atoms with van der Waals surface area (Å²) < 4.78 is 0. The smallest absolute Gasteiger partial charge is 0.408 e. The fourth-order valence-corrected chi connectivity index (χ4v) is 3.71. The molecular formula is C16H28N2O3. The third kappa shape index (κ3) is 3.69. The first-order valence-electron chi connectivity index (χ1n) is 8.11. The number of hydrogen-bond acceptors (Lipinski definition) is 2. The third-order valence-corrected chi connectivity index (χ3v) is 4.71. The van der Waals surface area contributed by atoms with Crippen LogP contribution < -0.4 is 0 Å². The van der Waals surface area contributed by atoms with Crippen LogP contribution in [0.1, 0.15) is 59.3 Å². The Bertz CT molecular complexity index is 397. The molecule has 0 bridgehead atoms. The summed E-state index contributed by atoms with van der Waals surface area (Å²) in [6.45, 7) is 7.04. The van der Waals surface area contributed by atoms with Crippen molar-refractivity contribution in [1.82, 2.24) is 9.80 Å². The molecule has 1 N–H and O–H groups in total. The van der Waals surface area contributed by atoms with Crippen LogP contribution in [-0.2, 0) is 4.79 Å². The Morgan fingerprint density at radius 1 is 1.24 bits per heavy atom. The van der Waals surface area contributed by atoms with Gasteiger partial charge >= 0.3 is 6.09 Å². The van der Waals surface area contributed by atoms with Crippen LogP contribution in [-0.4, -0.2) is 51.6 Å². The number of carbonyl (C=O) groups excluding carboxylic acids is 1. The minimum atomic E-state index is -1.000. The molecule has 2 aliphatic rings. The van der Waals surface area contributed by atoms with Gasteiger partial charge in [-0.1, -0.05) is 19.3 Å². The van der Waals surface area contributed by atoms with Gasteiger partial charge in [0.2, 0.25) is 5.91 Å². The molecule has 0 aromatic heterocycles. The number of rotatable bonds is 3. The predicted octanol–water partition coefficient (Wildman–Crippen LogP) is 2.95. The summed E-state index contributed by atoms with van der Waals surface area (Å²) in [4.78, 5) is 27.3. The highest BCUT2D eigenvalue weighted by Gasteiger charge is 2.43. The van der Waals surface area contributed by atoms with Crippen LogP contribution in [0.5, 0.6) is 0 Å². The number of amides is 2. The van der Waals surface area contributed by atoms with Crippen LogP contribution in [0.4, 0.5) is 4.79 Å². The van der Waals surface area contributed by atoms with Gasteiger partial charge in [0.25, 0.3) is 0 Å². The molecular weight excluding hydrogens is 268 g/mol. The first-order valence-corrected chi connectivity index (χ1v) is 8.11. The second-order valence-corrected chi connectivity index (χ2v) is 7.42. The quantitative estimate of drug-likeness (QED) is 0.871. The summed E-state index contributed by atoms with van der Waals surface area (Å²) in [5.41, 5.74) is -0.549. The van der Waals surface area contributed by atoms with Gasteiger partial charge in [0.05, 0.1) is 0 Å². The van der Waals surface area contributed by atoms with Gasteiger partial charge in [-0.3, -0.25) is 9.69 Å². The maximum absolute atomic E-state index is 12.6. The lowest BCUT2D eigenvalue weighted by Gasteiger charge is -2.37. The van der Waals surface area contributed by atoms with Crippen molar-refractivity contribution in [1.29, 1.82) is 0 Å². The average Bonchev–Trinajstić information content (AvgIpc) is 2.71. The molecule has 5 nitrogen and oxygen atoms in total. The van der Waals surface area contributed by atoms with Crippen molar-refractivity contribution in [2.24, 2.45) is 5.92 Å². The molecule has 2 fully saturated rings. The summed E-state index contributed by atoms with van der Waals surface area (Å²) in [5.74, 6) is 0.604. The van der Waals surface area contributed by atoms with Crippen LogP contribution in [0.2, 0.25) is 0 Å². The van der Waals surface area contributed by atoms with E-state index >= 15 is 0 Å². The molecule has 0 aromatic carbocycles. The van der Waals surface area contributed by atoms with Crippen molar-refractivity contribution >= 4 is 12.0 Å². The molecule has 0 unspecified atom stereocenters. The normalized spacial score (nSPS) is 24.4. The molecule has 0 radical (unpaired) electrons. The van der Waals surface area contributed by atoms with Crippen molar-refractivity contribution < 1.29 is 14.7 Å². The first kappa shape index (κ1) is 16.1. The van der Waals surface area contributed by atoms with E-state index < -0.39 is 17.7 Å². The Labute approximate surface area is 127 Å². The molecule has 120 valence electrons. The summed E-state index contributed by atoms with van der Waals surface area (Å²) >= 11 is 0. The van der Waals surface area contributed by atoms with Crippen molar-refractivity contribution in [2.45, 2.75) is 70.9 Å². The highest BCUT2D eigenvalue weighted by atomic mass is 16.4. The van der Waals surface area contributed by atoms with Gasteiger partial charge in [-0.25, -0.2) is 4.79 Å². The molecule has 0 spiro atoms. The molecule has 1 aliphatic heterocycles. The molecule has 2 amide bonds. The fourth-order valence-electron chi connectivity index (χ4n) is 3.71. The molecule has 2 rings (SSSR count). The van der Waals surface area contributed by atoms with E-state index in [1.807, 2.05) is 25.7 Å². The number of hydrogen-bond donors (Lipinski definition) is 1. The lowest BCUT2D eigenvalue weighted by atomic mass is 9.89. The van der Waals surface area contributed by atoms with Crippen LogP contribution in [0.25, 0.3) is 0 Å². The fraction of sp³-hybridized carbons (Fsp3) is 0.875. The molecule has 5 heteroatoms. The van der Waals surface area contributed by atoms with Crippen molar-refractivity contribution in [3.8, 4) is 0 Å². The van der Waals surface area contributed by atoms with Gasteiger partial charge in [0.15, 0.2) is 0 Å². The third-order valence-electron chi connectivity index (χ3n) is 4.71. The van der Waals surface area contributed by atoms with Crippen LogP contribution >= 0.6 is 0 Å². The van der Waals surface area contributed by atoms with E-state index in [9.17, 15) is 14.7 Å². The highest BCUT2D eigenvalue weighted by molar-refractivity contribution is 5.87. The van der Waals surface area contributed by atoms with Crippen molar-refractivity contribution in [3.63, 3.8) is 0 Å². The van der Waals surface area contributed by atoms with Crippen LogP contribution in [0.15, 0.2) is 0 Å². The van der Waals surface area contributed by atoms with Gasteiger partial charge in [-0.2, -0.15) is 0 Å². The van der Waals surface area contributed by atoms with Gasteiger partial charge in [-0.15, -0.1) is 0 Å². The van der Waals surface area contributed by atoms with Gasteiger partial charge in [-0.05, 0) is 46.0 Å². The van der Waals surface area contributed by atoms with Gasteiger partial charge in [0, 0.05) is 18.6 Å². The standard InChI is InChI=1S/C16H28N2O3/c1-16(2,3)18(15(20)21)13-9-10-17(14(13)19)11-12-7-5-4-6-8-12/h12-13H,4-11H2,1-3H3,(H,20,21)/t13-/m1/s1. The minimum Gasteiger partial charge on any atom is -0.465 e. The maximum Gasteiger partial charge on any atom is 0.408 e. The maximum atomic E-state index is 12.6. The number of carboxylic acid groups (broad SMARTS) is 1. The molecule has 21 heavy (non-hydrogen) atoms. The molecule has 1 atom stereocenters. The minimum absolute atomic E-state index is 0.00195. The van der Waals surface area contributed by atoms with E-state index in [2.05, 4.69) is 0 Å². The zero-order valence-corrected chi connectivity index (χ0v) is 13.5. The van der Waals surface area contributed by atoms with Gasteiger partial charge in [0.1, 0.15) is 6.04 Å². The lowest BCUT2D eigenvalue weighted by Crippen LogP contribution is -2.54. The van der Waals surface area contributed by atoms with E-state index in [-0.39, 0.29) is 5.91 Å². The van der Waals surface area contributed by atoms with E-state index in [4.69, 9.17) is 0 Å². The van der Waals surface area contributed by atoms with Crippen molar-refractivity contribution in [3.05, 3.63) is 0 Å². The SMILES string of the molecule is CC(C)(C)N(C(=O)O)[C@@H]1CCN(CC2CCCCC2)C1=O. The largest absolute Gasteiger partial charge is 0.465 e. The molecule has 1 saturated carbocycles. The van der Waals surface area contributed by atoms with E-state index in [0.717, 1.165) is 6.54 Å². The summed E-state index contributed by atoms with van der Waals surface area (Å²) in [7, 11) is 0. The molecule has 0 aromatic rings. The molecule has 1 saturated heterocycles. The van der Waals surface area contributed by atoms with Crippen molar-refractivity contribution in [2.75, 3.05) is 13.1 Å². The van der Waals surface area contributed by atoms with E-state index in [1.54, 1.807) is 0 Å². The highest BCUT2D eigenvalue weighted by Crippen LogP contribution is 2.29. The average molecular weight is 296 g/mol. The predicted molar refractivity (Wildman–Crippen MR) is 81.2 cm³/mol. The Hall–Kier alpha value is -1.26. The Balaban J connectivity index is 2.01. The second kappa shape index (κ2) is 6.24. The topological polar surface area (TPSA) is 60.9 Å². The second-order valence-electron chi connectivity index (χ2n) is 7.42. The monoisotopic (exact) mass is 296 g/mol. The Kier molecular flexibility index (Phi) is 4.79. The zero-order chi connectivity index (χ0) is 15.6. The summed E-state index contributed by atoms with van der Waals surface area (Å²) in [5, 5.41) is 9.45. The number of carbonyl (C=O) groups is 2. The first-order chi connectivity index (χ1) is 9.80. The van der Waals surface area contributed by atoms with Gasteiger partial charge < -0.3 is 10.0 Å². The molecule has 1 aliphatic carbocycles. The summed E-state index contributed by atoms with van der Waals surface area (Å²) in [6, 6.07) is -0.508. The van der Waals surface area contributed by atoms with Crippen LogP contribution in [0, 0.1) is 5.92 Å². The molecule has 1 heterocycles. The number of likely N-dealkylation sites (tertiary alicyclic amines) is 1. The summed E-state index contributed by atoms with van der Waals surface area (Å²) in [6.07, 6.45) is 5.87. The lowest BCUT2D eigenvalue weighted by molar-refractivity contribution is -0.133. The van der Waals surface area contributed by atoms with E-state index in [0.29, 0.717) is 18.9 Å².